The van der Waals surface area contributed by atoms with Crippen molar-refractivity contribution in [1.82, 2.24) is 19.7 Å². The summed E-state index contributed by atoms with van der Waals surface area (Å²) in [4.78, 5) is 14.2. The van der Waals surface area contributed by atoms with E-state index in [0.717, 1.165) is 23.8 Å². The van der Waals surface area contributed by atoms with Crippen LogP contribution in [-0.4, -0.2) is 57.6 Å². The van der Waals surface area contributed by atoms with Crippen molar-refractivity contribution in [2.45, 2.75) is 57.1 Å². The van der Waals surface area contributed by atoms with Crippen molar-refractivity contribution >= 4 is 17.7 Å². The SMILES string of the molecule is C=CCn1c(CCCCCCC)nnc1SCC(=O)N1CCOCC1. The van der Waals surface area contributed by atoms with Gasteiger partial charge in [0.25, 0.3) is 0 Å². The zero-order chi connectivity index (χ0) is 17.9. The number of rotatable bonds is 11. The van der Waals surface area contributed by atoms with Crippen molar-refractivity contribution in [2.24, 2.45) is 0 Å². The lowest BCUT2D eigenvalue weighted by molar-refractivity contribution is -0.132. The van der Waals surface area contributed by atoms with Crippen LogP contribution in [0.25, 0.3) is 0 Å². The molecule has 2 rings (SSSR count). The lowest BCUT2D eigenvalue weighted by Crippen LogP contribution is -2.41. The van der Waals surface area contributed by atoms with Crippen LogP contribution in [0.15, 0.2) is 17.8 Å². The molecule has 0 unspecified atom stereocenters. The number of aryl methyl sites for hydroxylation is 1. The number of aromatic nitrogens is 3. The third kappa shape index (κ3) is 6.47. The van der Waals surface area contributed by atoms with Gasteiger partial charge in [-0.25, -0.2) is 0 Å². The Morgan fingerprint density at radius 2 is 2.00 bits per heavy atom. The molecule has 0 N–H and O–H groups in total. The fraction of sp³-hybridized carbons (Fsp3) is 0.722. The second-order valence-corrected chi connectivity index (χ2v) is 7.19. The van der Waals surface area contributed by atoms with E-state index >= 15 is 0 Å². The molecular formula is C18H30N4O2S. The minimum Gasteiger partial charge on any atom is -0.378 e. The van der Waals surface area contributed by atoms with Gasteiger partial charge in [-0.1, -0.05) is 50.4 Å². The summed E-state index contributed by atoms with van der Waals surface area (Å²) in [5.41, 5.74) is 0. The van der Waals surface area contributed by atoms with E-state index in [1.165, 1.54) is 37.4 Å². The fourth-order valence-electron chi connectivity index (χ4n) is 2.84. The molecule has 0 aromatic carbocycles. The van der Waals surface area contributed by atoms with Crippen LogP contribution in [0.3, 0.4) is 0 Å². The molecule has 1 aliphatic heterocycles. The van der Waals surface area contributed by atoms with E-state index in [-0.39, 0.29) is 5.91 Å². The summed E-state index contributed by atoms with van der Waals surface area (Å²) in [6.07, 6.45) is 8.98. The number of unbranched alkanes of at least 4 members (excludes halogenated alkanes) is 4. The fourth-order valence-corrected chi connectivity index (χ4v) is 3.71. The highest BCUT2D eigenvalue weighted by Crippen LogP contribution is 2.19. The third-order valence-electron chi connectivity index (χ3n) is 4.30. The van der Waals surface area contributed by atoms with Crippen LogP contribution < -0.4 is 0 Å². The molecule has 1 aromatic rings. The normalized spacial score (nSPS) is 14.7. The van der Waals surface area contributed by atoms with Crippen molar-refractivity contribution in [1.29, 1.82) is 0 Å². The molecular weight excluding hydrogens is 336 g/mol. The van der Waals surface area contributed by atoms with E-state index in [0.29, 0.717) is 38.6 Å². The van der Waals surface area contributed by atoms with E-state index in [2.05, 4.69) is 28.3 Å². The Morgan fingerprint density at radius 3 is 2.72 bits per heavy atom. The molecule has 7 heteroatoms. The van der Waals surface area contributed by atoms with Crippen LogP contribution in [-0.2, 0) is 22.5 Å². The molecule has 1 aromatic heterocycles. The first kappa shape index (κ1) is 20.0. The summed E-state index contributed by atoms with van der Waals surface area (Å²) in [5.74, 6) is 1.53. The minimum absolute atomic E-state index is 0.141. The highest BCUT2D eigenvalue weighted by atomic mass is 32.2. The van der Waals surface area contributed by atoms with Crippen molar-refractivity contribution in [3.63, 3.8) is 0 Å². The standard InChI is InChI=1S/C18H30N4O2S/c1-3-5-6-7-8-9-16-19-20-18(22(16)10-4-2)25-15-17(23)21-11-13-24-14-12-21/h4H,2-3,5-15H2,1H3. The first-order valence-electron chi connectivity index (χ1n) is 9.27. The number of hydrogen-bond donors (Lipinski definition) is 0. The molecule has 1 amide bonds. The van der Waals surface area contributed by atoms with Gasteiger partial charge in [-0.15, -0.1) is 16.8 Å². The Bertz CT molecular complexity index is 541. The lowest BCUT2D eigenvalue weighted by atomic mass is 10.1. The molecule has 0 bridgehead atoms. The molecule has 0 atom stereocenters. The van der Waals surface area contributed by atoms with Crippen molar-refractivity contribution in [3.05, 3.63) is 18.5 Å². The van der Waals surface area contributed by atoms with Gasteiger partial charge in [-0.3, -0.25) is 4.79 Å². The maximum Gasteiger partial charge on any atom is 0.233 e. The summed E-state index contributed by atoms with van der Waals surface area (Å²) in [6.45, 7) is 9.37. The van der Waals surface area contributed by atoms with E-state index in [4.69, 9.17) is 4.74 Å². The highest BCUT2D eigenvalue weighted by molar-refractivity contribution is 7.99. The summed E-state index contributed by atoms with van der Waals surface area (Å²) < 4.78 is 7.38. The van der Waals surface area contributed by atoms with E-state index in [9.17, 15) is 4.79 Å². The number of thioether (sulfide) groups is 1. The Kier molecular flexibility index (Phi) is 9.04. The van der Waals surface area contributed by atoms with E-state index in [1.807, 2.05) is 11.0 Å². The number of ether oxygens (including phenoxy) is 1. The van der Waals surface area contributed by atoms with Gasteiger partial charge in [-0.05, 0) is 6.42 Å². The Balaban J connectivity index is 1.86. The molecule has 1 saturated heterocycles. The second-order valence-electron chi connectivity index (χ2n) is 6.24. The van der Waals surface area contributed by atoms with E-state index < -0.39 is 0 Å². The topological polar surface area (TPSA) is 60.2 Å². The van der Waals surface area contributed by atoms with Crippen LogP contribution in [0.5, 0.6) is 0 Å². The maximum atomic E-state index is 12.3. The predicted molar refractivity (Wildman–Crippen MR) is 101 cm³/mol. The van der Waals surface area contributed by atoms with Crippen LogP contribution >= 0.6 is 11.8 Å². The summed E-state index contributed by atoms with van der Waals surface area (Å²) in [5, 5.41) is 9.45. The van der Waals surface area contributed by atoms with Crippen molar-refractivity contribution in [3.8, 4) is 0 Å². The summed E-state index contributed by atoms with van der Waals surface area (Å²) >= 11 is 1.47. The highest BCUT2D eigenvalue weighted by Gasteiger charge is 2.19. The smallest absolute Gasteiger partial charge is 0.233 e. The van der Waals surface area contributed by atoms with Crippen LogP contribution in [0.4, 0.5) is 0 Å². The van der Waals surface area contributed by atoms with Gasteiger partial charge in [0.1, 0.15) is 5.82 Å². The van der Waals surface area contributed by atoms with Gasteiger partial charge in [0.15, 0.2) is 5.16 Å². The van der Waals surface area contributed by atoms with Gasteiger partial charge in [0.2, 0.25) is 5.91 Å². The van der Waals surface area contributed by atoms with E-state index in [1.54, 1.807) is 0 Å². The number of carbonyl (C=O) groups excluding carboxylic acids is 1. The molecule has 0 aliphatic carbocycles. The number of carbonyl (C=O) groups is 1. The van der Waals surface area contributed by atoms with Crippen LogP contribution in [0, 0.1) is 0 Å². The first-order chi connectivity index (χ1) is 12.3. The quantitative estimate of drug-likeness (QED) is 0.342. The molecule has 1 fully saturated rings. The molecule has 0 radical (unpaired) electrons. The zero-order valence-electron chi connectivity index (χ0n) is 15.3. The maximum absolute atomic E-state index is 12.3. The summed E-state index contributed by atoms with van der Waals surface area (Å²) in [7, 11) is 0. The number of nitrogens with zero attached hydrogens (tertiary/aromatic N) is 4. The molecule has 6 nitrogen and oxygen atoms in total. The van der Waals surface area contributed by atoms with Crippen molar-refractivity contribution in [2.75, 3.05) is 32.1 Å². The molecule has 0 saturated carbocycles. The van der Waals surface area contributed by atoms with Gasteiger partial charge in [0, 0.05) is 26.1 Å². The predicted octanol–water partition coefficient (Wildman–Crippen LogP) is 2.93. The van der Waals surface area contributed by atoms with Gasteiger partial charge < -0.3 is 14.2 Å². The zero-order valence-corrected chi connectivity index (χ0v) is 16.1. The largest absolute Gasteiger partial charge is 0.378 e. The molecule has 2 heterocycles. The summed E-state index contributed by atoms with van der Waals surface area (Å²) in [6, 6.07) is 0. The molecule has 25 heavy (non-hydrogen) atoms. The van der Waals surface area contributed by atoms with Crippen LogP contribution in [0.1, 0.15) is 44.9 Å². The Labute approximate surface area is 155 Å². The number of hydrogen-bond acceptors (Lipinski definition) is 5. The molecule has 0 spiro atoms. The van der Waals surface area contributed by atoms with Gasteiger partial charge in [-0.2, -0.15) is 0 Å². The average Bonchev–Trinajstić information content (AvgIpc) is 3.02. The van der Waals surface area contributed by atoms with Crippen LogP contribution in [0.2, 0.25) is 0 Å². The average molecular weight is 367 g/mol. The number of allylic oxidation sites excluding steroid dienone is 1. The van der Waals surface area contributed by atoms with Gasteiger partial charge in [0.05, 0.1) is 19.0 Å². The monoisotopic (exact) mass is 366 g/mol. The Morgan fingerprint density at radius 1 is 1.24 bits per heavy atom. The lowest BCUT2D eigenvalue weighted by Gasteiger charge is -2.26. The molecule has 140 valence electrons. The number of morpholine rings is 1. The number of amides is 1. The minimum atomic E-state index is 0.141. The third-order valence-corrected chi connectivity index (χ3v) is 5.25. The second kappa shape index (κ2) is 11.3. The van der Waals surface area contributed by atoms with Gasteiger partial charge >= 0.3 is 0 Å². The first-order valence-corrected chi connectivity index (χ1v) is 10.3. The van der Waals surface area contributed by atoms with Crippen molar-refractivity contribution < 1.29 is 9.53 Å². The molecule has 1 aliphatic rings. The Hall–Kier alpha value is -1.34.